The smallest absolute Gasteiger partial charge is 0.321 e. The fourth-order valence-corrected chi connectivity index (χ4v) is 4.65. The molecule has 1 atom stereocenters. The van der Waals surface area contributed by atoms with Crippen molar-refractivity contribution in [3.63, 3.8) is 0 Å². The summed E-state index contributed by atoms with van der Waals surface area (Å²) in [6.45, 7) is 1.32. The largest absolute Gasteiger partial charge is 0.497 e. The summed E-state index contributed by atoms with van der Waals surface area (Å²) in [7, 11) is 3.27. The number of piperidine rings is 1. The molecule has 1 aliphatic heterocycles. The average Bonchev–Trinajstić information content (AvgIpc) is 3.29. The van der Waals surface area contributed by atoms with E-state index in [4.69, 9.17) is 14.5 Å². The van der Waals surface area contributed by atoms with E-state index in [1.807, 2.05) is 59.5 Å². The first-order chi connectivity index (χ1) is 16.7. The number of hydrogen-bond acceptors (Lipinski definition) is 4. The Balaban J connectivity index is 1.43. The van der Waals surface area contributed by atoms with Crippen molar-refractivity contribution < 1.29 is 14.3 Å². The van der Waals surface area contributed by atoms with E-state index < -0.39 is 0 Å². The third-order valence-corrected chi connectivity index (χ3v) is 6.34. The SMILES string of the molecule is COc1cccc(-c2nc(C3CCCN(C(=O)Nc4ccccc4OC)C3)n3ccccc23)c1. The second kappa shape index (κ2) is 9.47. The number of benzene rings is 2. The number of likely N-dealkylation sites (tertiary alicyclic amines) is 1. The number of aromatic nitrogens is 2. The number of carbonyl (C=O) groups excluding carboxylic acids is 1. The van der Waals surface area contributed by atoms with E-state index in [-0.39, 0.29) is 11.9 Å². The van der Waals surface area contributed by atoms with Crippen molar-refractivity contribution in [3.8, 4) is 22.8 Å². The molecule has 174 valence electrons. The van der Waals surface area contributed by atoms with Crippen LogP contribution in [0.25, 0.3) is 16.8 Å². The molecule has 0 saturated carbocycles. The van der Waals surface area contributed by atoms with Crippen molar-refractivity contribution >= 4 is 17.2 Å². The molecule has 0 aliphatic carbocycles. The lowest BCUT2D eigenvalue weighted by atomic mass is 9.97. The zero-order valence-electron chi connectivity index (χ0n) is 19.4. The van der Waals surface area contributed by atoms with Crippen molar-refractivity contribution in [1.29, 1.82) is 0 Å². The van der Waals surface area contributed by atoms with Crippen molar-refractivity contribution in [1.82, 2.24) is 14.3 Å². The van der Waals surface area contributed by atoms with Gasteiger partial charge < -0.3 is 24.1 Å². The van der Waals surface area contributed by atoms with Crippen LogP contribution in [0.1, 0.15) is 24.6 Å². The zero-order chi connectivity index (χ0) is 23.5. The number of carbonyl (C=O) groups is 1. The summed E-state index contributed by atoms with van der Waals surface area (Å²) in [6, 6.07) is 21.4. The molecule has 0 bridgehead atoms. The van der Waals surface area contributed by atoms with Gasteiger partial charge in [0.1, 0.15) is 17.3 Å². The standard InChI is InChI=1S/C27H28N4O3/c1-33-21-11-7-9-19(17-21)25-23-13-5-6-16-31(23)26(29-25)20-10-8-15-30(18-20)27(32)28-22-12-3-4-14-24(22)34-2/h3-7,9,11-14,16-17,20H,8,10,15,18H2,1-2H3,(H,28,32). The third-order valence-electron chi connectivity index (χ3n) is 6.34. The molecule has 2 amide bonds. The summed E-state index contributed by atoms with van der Waals surface area (Å²) in [5.74, 6) is 2.55. The van der Waals surface area contributed by atoms with Gasteiger partial charge in [-0.05, 0) is 49.2 Å². The van der Waals surface area contributed by atoms with Gasteiger partial charge in [0.2, 0.25) is 0 Å². The van der Waals surface area contributed by atoms with Gasteiger partial charge in [0, 0.05) is 30.8 Å². The zero-order valence-corrected chi connectivity index (χ0v) is 19.4. The molecule has 3 heterocycles. The van der Waals surface area contributed by atoms with Gasteiger partial charge in [0.05, 0.1) is 31.1 Å². The second-order valence-corrected chi connectivity index (χ2v) is 8.42. The summed E-state index contributed by atoms with van der Waals surface area (Å²) < 4.78 is 13.0. The predicted molar refractivity (Wildman–Crippen MR) is 133 cm³/mol. The second-order valence-electron chi connectivity index (χ2n) is 8.42. The van der Waals surface area contributed by atoms with Crippen LogP contribution >= 0.6 is 0 Å². The average molecular weight is 457 g/mol. The van der Waals surface area contributed by atoms with Crippen molar-refractivity contribution in [2.24, 2.45) is 0 Å². The van der Waals surface area contributed by atoms with Crippen molar-refractivity contribution in [2.75, 3.05) is 32.6 Å². The van der Waals surface area contributed by atoms with Crippen LogP contribution in [0.3, 0.4) is 0 Å². The molecule has 1 aliphatic rings. The minimum atomic E-state index is -0.122. The quantitative estimate of drug-likeness (QED) is 0.435. The number of nitrogens with one attached hydrogen (secondary N) is 1. The van der Waals surface area contributed by atoms with Gasteiger partial charge in [-0.2, -0.15) is 0 Å². The van der Waals surface area contributed by atoms with Gasteiger partial charge in [-0.15, -0.1) is 0 Å². The van der Waals surface area contributed by atoms with Gasteiger partial charge in [-0.25, -0.2) is 9.78 Å². The van der Waals surface area contributed by atoms with Gasteiger partial charge >= 0.3 is 6.03 Å². The number of pyridine rings is 1. The number of nitrogens with zero attached hydrogens (tertiary/aromatic N) is 3. The third kappa shape index (κ3) is 4.17. The van der Waals surface area contributed by atoms with Crippen LogP contribution in [-0.4, -0.2) is 47.6 Å². The van der Waals surface area contributed by atoms with Gasteiger partial charge in [-0.1, -0.05) is 30.3 Å². The summed E-state index contributed by atoms with van der Waals surface area (Å²) >= 11 is 0. The number of ether oxygens (including phenoxy) is 2. The molecule has 0 spiro atoms. The first-order valence-electron chi connectivity index (χ1n) is 11.5. The minimum Gasteiger partial charge on any atom is -0.497 e. The molecule has 1 N–H and O–H groups in total. The van der Waals surface area contributed by atoms with Gasteiger partial charge in [0.15, 0.2) is 0 Å². The Hall–Kier alpha value is -4.00. The molecule has 5 rings (SSSR count). The van der Waals surface area contributed by atoms with Crippen molar-refractivity contribution in [2.45, 2.75) is 18.8 Å². The fraction of sp³-hybridized carbons (Fsp3) is 0.259. The molecule has 1 unspecified atom stereocenters. The van der Waals surface area contributed by atoms with Crippen LogP contribution in [0.15, 0.2) is 72.9 Å². The Kier molecular flexibility index (Phi) is 6.08. The lowest BCUT2D eigenvalue weighted by Gasteiger charge is -2.32. The van der Waals surface area contributed by atoms with E-state index in [1.165, 1.54) is 0 Å². The topological polar surface area (TPSA) is 68.1 Å². The lowest BCUT2D eigenvalue weighted by Crippen LogP contribution is -2.42. The lowest BCUT2D eigenvalue weighted by molar-refractivity contribution is 0.191. The molecule has 4 aromatic rings. The van der Waals surface area contributed by atoms with Gasteiger partial charge in [0.25, 0.3) is 0 Å². The van der Waals surface area contributed by atoms with Crippen LogP contribution in [0.4, 0.5) is 10.5 Å². The van der Waals surface area contributed by atoms with Crippen LogP contribution < -0.4 is 14.8 Å². The molecule has 7 nitrogen and oxygen atoms in total. The number of anilines is 1. The Morgan fingerprint density at radius 1 is 1.03 bits per heavy atom. The molecule has 7 heteroatoms. The Bertz CT molecular complexity index is 1320. The van der Waals surface area contributed by atoms with E-state index in [0.29, 0.717) is 24.5 Å². The molecule has 0 radical (unpaired) electrons. The number of imidazole rings is 1. The molecule has 2 aromatic heterocycles. The monoisotopic (exact) mass is 456 g/mol. The number of rotatable bonds is 5. The highest BCUT2D eigenvalue weighted by atomic mass is 16.5. The maximum atomic E-state index is 13.1. The van der Waals surface area contributed by atoms with E-state index >= 15 is 0 Å². The van der Waals surface area contributed by atoms with E-state index in [9.17, 15) is 4.79 Å². The molecule has 1 fully saturated rings. The van der Waals surface area contributed by atoms with Crippen LogP contribution in [0, 0.1) is 0 Å². The summed E-state index contributed by atoms with van der Waals surface area (Å²) in [6.07, 6.45) is 3.94. The van der Waals surface area contributed by atoms with E-state index in [1.54, 1.807) is 14.2 Å². The van der Waals surface area contributed by atoms with Crippen LogP contribution in [-0.2, 0) is 0 Å². The van der Waals surface area contributed by atoms with Crippen molar-refractivity contribution in [3.05, 3.63) is 78.8 Å². The first-order valence-corrected chi connectivity index (χ1v) is 11.5. The molecule has 34 heavy (non-hydrogen) atoms. The highest BCUT2D eigenvalue weighted by Crippen LogP contribution is 2.33. The number of methoxy groups -OCH3 is 2. The summed E-state index contributed by atoms with van der Waals surface area (Å²) in [5, 5.41) is 3.00. The Labute approximate surface area is 198 Å². The first kappa shape index (κ1) is 21.8. The fourth-order valence-electron chi connectivity index (χ4n) is 4.65. The Morgan fingerprint density at radius 2 is 1.88 bits per heavy atom. The highest BCUT2D eigenvalue weighted by molar-refractivity contribution is 5.91. The molecule has 1 saturated heterocycles. The number of amides is 2. The number of hydrogen-bond donors (Lipinski definition) is 1. The summed E-state index contributed by atoms with van der Waals surface area (Å²) in [4.78, 5) is 20.1. The predicted octanol–water partition coefficient (Wildman–Crippen LogP) is 5.43. The molecule has 2 aromatic carbocycles. The number of urea groups is 1. The normalized spacial score (nSPS) is 15.8. The van der Waals surface area contributed by atoms with E-state index in [2.05, 4.69) is 28.0 Å². The van der Waals surface area contributed by atoms with Crippen LogP contribution in [0.2, 0.25) is 0 Å². The number of para-hydroxylation sites is 2. The van der Waals surface area contributed by atoms with Crippen LogP contribution in [0.5, 0.6) is 11.5 Å². The minimum absolute atomic E-state index is 0.122. The maximum absolute atomic E-state index is 13.1. The summed E-state index contributed by atoms with van der Waals surface area (Å²) in [5.41, 5.74) is 3.64. The molecular formula is C27H28N4O3. The number of fused-ring (bicyclic) bond motifs is 1. The molecular weight excluding hydrogens is 428 g/mol. The van der Waals surface area contributed by atoms with Gasteiger partial charge in [-0.3, -0.25) is 0 Å². The Morgan fingerprint density at radius 3 is 2.74 bits per heavy atom. The highest BCUT2D eigenvalue weighted by Gasteiger charge is 2.29. The maximum Gasteiger partial charge on any atom is 0.321 e. The van der Waals surface area contributed by atoms with E-state index in [0.717, 1.165) is 41.2 Å².